The van der Waals surface area contributed by atoms with E-state index in [1.807, 2.05) is 5.51 Å². The Hall–Kier alpha value is -1.23. The molecule has 1 aliphatic rings. The van der Waals surface area contributed by atoms with Gasteiger partial charge in [0.2, 0.25) is 0 Å². The topological polar surface area (TPSA) is 28.2 Å². The Kier molecular flexibility index (Phi) is 4.79. The third kappa shape index (κ3) is 3.88. The van der Waals surface area contributed by atoms with Gasteiger partial charge in [0.25, 0.3) is 0 Å². The van der Waals surface area contributed by atoms with Crippen LogP contribution in [-0.4, -0.2) is 35.6 Å². The van der Waals surface area contributed by atoms with Crippen molar-refractivity contribution >= 4 is 11.3 Å². The maximum atomic E-state index is 4.32. The number of likely N-dealkylation sites (tertiary alicyclic amines) is 1. The van der Waals surface area contributed by atoms with Crippen molar-refractivity contribution in [1.29, 1.82) is 0 Å². The lowest BCUT2D eigenvalue weighted by Gasteiger charge is -2.16. The molecule has 1 atom stereocenters. The fraction of sp³-hybridized carbons (Fsp3) is 0.438. The maximum Gasteiger partial charge on any atom is 0.0794 e. The van der Waals surface area contributed by atoms with Gasteiger partial charge in [-0.25, -0.2) is 4.98 Å². The zero-order chi connectivity index (χ0) is 13.6. The van der Waals surface area contributed by atoms with Gasteiger partial charge in [-0.3, -0.25) is 4.90 Å². The summed E-state index contributed by atoms with van der Waals surface area (Å²) in [6.07, 6.45) is 2.29. The lowest BCUT2D eigenvalue weighted by atomic mass is 10.2. The predicted octanol–water partition coefficient (Wildman–Crippen LogP) is 2.55. The largest absolute Gasteiger partial charge is 0.312 e. The van der Waals surface area contributed by atoms with Crippen LogP contribution in [0.5, 0.6) is 0 Å². The third-order valence-electron chi connectivity index (χ3n) is 3.82. The molecule has 1 fully saturated rings. The number of rotatable bonds is 6. The molecule has 0 bridgehead atoms. The van der Waals surface area contributed by atoms with Crippen molar-refractivity contribution in [2.45, 2.75) is 25.4 Å². The van der Waals surface area contributed by atoms with Gasteiger partial charge >= 0.3 is 0 Å². The highest BCUT2D eigenvalue weighted by Gasteiger charge is 2.21. The third-order valence-corrected chi connectivity index (χ3v) is 4.45. The van der Waals surface area contributed by atoms with Gasteiger partial charge in [-0.15, -0.1) is 11.3 Å². The summed E-state index contributed by atoms with van der Waals surface area (Å²) in [5.41, 5.74) is 4.53. The van der Waals surface area contributed by atoms with Crippen LogP contribution in [-0.2, 0) is 13.0 Å². The van der Waals surface area contributed by atoms with Crippen LogP contribution in [0.2, 0.25) is 0 Å². The van der Waals surface area contributed by atoms with Crippen LogP contribution in [0.1, 0.15) is 17.7 Å². The van der Waals surface area contributed by atoms with Gasteiger partial charge in [0, 0.05) is 44.0 Å². The quantitative estimate of drug-likeness (QED) is 0.885. The van der Waals surface area contributed by atoms with E-state index in [1.165, 1.54) is 24.2 Å². The first-order valence-corrected chi connectivity index (χ1v) is 8.21. The Labute approximate surface area is 124 Å². The van der Waals surface area contributed by atoms with Crippen LogP contribution in [0.3, 0.4) is 0 Å². The maximum absolute atomic E-state index is 4.32. The molecule has 1 aromatic heterocycles. The van der Waals surface area contributed by atoms with Crippen LogP contribution < -0.4 is 5.32 Å². The first-order valence-electron chi connectivity index (χ1n) is 7.27. The van der Waals surface area contributed by atoms with E-state index in [0.717, 1.165) is 26.1 Å². The number of nitrogens with one attached hydrogen (secondary N) is 1. The molecule has 2 heterocycles. The first kappa shape index (κ1) is 13.7. The first-order chi connectivity index (χ1) is 9.90. The van der Waals surface area contributed by atoms with Crippen molar-refractivity contribution in [3.05, 3.63) is 52.5 Å². The number of hydrogen-bond acceptors (Lipinski definition) is 4. The normalized spacial score (nSPS) is 19.5. The van der Waals surface area contributed by atoms with Gasteiger partial charge in [-0.1, -0.05) is 30.3 Å². The number of aromatic nitrogens is 1. The van der Waals surface area contributed by atoms with Crippen LogP contribution in [0, 0.1) is 0 Å². The monoisotopic (exact) mass is 287 g/mol. The number of benzene rings is 1. The molecule has 0 amide bonds. The van der Waals surface area contributed by atoms with Crippen molar-refractivity contribution in [3.8, 4) is 0 Å². The molecule has 0 saturated carbocycles. The molecule has 1 aromatic carbocycles. The van der Waals surface area contributed by atoms with Gasteiger partial charge < -0.3 is 5.32 Å². The Bertz CT molecular complexity index is 498. The smallest absolute Gasteiger partial charge is 0.0794 e. The number of thiazole rings is 1. The number of nitrogens with zero attached hydrogens (tertiary/aromatic N) is 2. The molecule has 0 radical (unpaired) electrons. The fourth-order valence-electron chi connectivity index (χ4n) is 2.75. The van der Waals surface area contributed by atoms with E-state index in [2.05, 4.69) is 50.9 Å². The molecule has 0 aliphatic carbocycles. The second-order valence-corrected chi connectivity index (χ2v) is 6.11. The molecule has 106 valence electrons. The minimum absolute atomic E-state index is 0.636. The zero-order valence-corrected chi connectivity index (χ0v) is 12.5. The molecule has 1 N–H and O–H groups in total. The molecular formula is C16H21N3S. The molecular weight excluding hydrogens is 266 g/mol. The molecule has 1 saturated heterocycles. The van der Waals surface area contributed by atoms with Crippen molar-refractivity contribution in [2.75, 3.05) is 19.6 Å². The average Bonchev–Trinajstić information content (AvgIpc) is 3.12. The van der Waals surface area contributed by atoms with Crippen molar-refractivity contribution in [3.63, 3.8) is 0 Å². The highest BCUT2D eigenvalue weighted by atomic mass is 32.1. The van der Waals surface area contributed by atoms with Crippen LogP contribution in [0.15, 0.2) is 41.2 Å². The highest BCUT2D eigenvalue weighted by molar-refractivity contribution is 7.07. The fourth-order valence-corrected chi connectivity index (χ4v) is 3.34. The summed E-state index contributed by atoms with van der Waals surface area (Å²) in [5.74, 6) is 0. The minimum atomic E-state index is 0.636. The lowest BCUT2D eigenvalue weighted by Crippen LogP contribution is -2.33. The molecule has 3 rings (SSSR count). The average molecular weight is 287 g/mol. The van der Waals surface area contributed by atoms with E-state index in [4.69, 9.17) is 0 Å². The zero-order valence-electron chi connectivity index (χ0n) is 11.7. The summed E-state index contributed by atoms with van der Waals surface area (Å²) in [5, 5.41) is 5.80. The van der Waals surface area contributed by atoms with Crippen molar-refractivity contribution < 1.29 is 0 Å². The van der Waals surface area contributed by atoms with Crippen LogP contribution in [0.25, 0.3) is 0 Å². The van der Waals surface area contributed by atoms with E-state index < -0.39 is 0 Å². The second kappa shape index (κ2) is 6.97. The lowest BCUT2D eigenvalue weighted by molar-refractivity contribution is 0.320. The molecule has 4 heteroatoms. The SMILES string of the molecule is c1ccc(CN2CCC(NCCc3cscn3)C2)cc1. The van der Waals surface area contributed by atoms with E-state index in [-0.39, 0.29) is 0 Å². The molecule has 1 aliphatic heterocycles. The molecule has 0 spiro atoms. The minimum Gasteiger partial charge on any atom is -0.312 e. The van der Waals surface area contributed by atoms with E-state index >= 15 is 0 Å². The van der Waals surface area contributed by atoms with E-state index in [9.17, 15) is 0 Å². The predicted molar refractivity (Wildman–Crippen MR) is 83.9 cm³/mol. The van der Waals surface area contributed by atoms with Gasteiger partial charge in [-0.2, -0.15) is 0 Å². The Morgan fingerprint density at radius 2 is 2.20 bits per heavy atom. The summed E-state index contributed by atoms with van der Waals surface area (Å²) < 4.78 is 0. The second-order valence-electron chi connectivity index (χ2n) is 5.39. The molecule has 20 heavy (non-hydrogen) atoms. The summed E-state index contributed by atoms with van der Waals surface area (Å²) in [6.45, 7) is 4.47. The van der Waals surface area contributed by atoms with Crippen LogP contribution >= 0.6 is 11.3 Å². The molecule has 3 nitrogen and oxygen atoms in total. The van der Waals surface area contributed by atoms with Crippen molar-refractivity contribution in [2.24, 2.45) is 0 Å². The summed E-state index contributed by atoms with van der Waals surface area (Å²) in [6, 6.07) is 11.4. The summed E-state index contributed by atoms with van der Waals surface area (Å²) in [4.78, 5) is 6.86. The van der Waals surface area contributed by atoms with Gasteiger partial charge in [0.15, 0.2) is 0 Å². The Balaban J connectivity index is 1.38. The van der Waals surface area contributed by atoms with Gasteiger partial charge in [0.1, 0.15) is 0 Å². The van der Waals surface area contributed by atoms with E-state index in [1.54, 1.807) is 11.3 Å². The summed E-state index contributed by atoms with van der Waals surface area (Å²) >= 11 is 1.68. The Morgan fingerprint density at radius 1 is 1.30 bits per heavy atom. The van der Waals surface area contributed by atoms with E-state index in [0.29, 0.717) is 6.04 Å². The molecule has 1 unspecified atom stereocenters. The van der Waals surface area contributed by atoms with Gasteiger partial charge in [-0.05, 0) is 12.0 Å². The van der Waals surface area contributed by atoms with Crippen molar-refractivity contribution in [1.82, 2.24) is 15.2 Å². The van der Waals surface area contributed by atoms with Gasteiger partial charge in [0.05, 0.1) is 11.2 Å². The van der Waals surface area contributed by atoms with Crippen LogP contribution in [0.4, 0.5) is 0 Å². The molecule has 2 aromatic rings. The Morgan fingerprint density at radius 3 is 3.00 bits per heavy atom. The highest BCUT2D eigenvalue weighted by Crippen LogP contribution is 2.13. The number of hydrogen-bond donors (Lipinski definition) is 1. The summed E-state index contributed by atoms with van der Waals surface area (Å²) in [7, 11) is 0. The standard InChI is InChI=1S/C16H21N3S/c1-2-4-14(5-3-1)10-19-9-7-15(11-19)17-8-6-16-12-20-13-18-16/h1-5,12-13,15,17H,6-11H2.